The van der Waals surface area contributed by atoms with E-state index >= 15 is 0 Å². The fourth-order valence-electron chi connectivity index (χ4n) is 0.926. The minimum absolute atomic E-state index is 0.450. The van der Waals surface area contributed by atoms with Gasteiger partial charge in [-0.05, 0) is 12.1 Å². The number of nitrogens with zero attached hydrogens (tertiary/aromatic N) is 1. The first kappa shape index (κ1) is 10.1. The Morgan fingerprint density at radius 1 is 1.43 bits per heavy atom. The lowest BCUT2D eigenvalue weighted by atomic mass is 10.4. The van der Waals surface area contributed by atoms with E-state index in [0.29, 0.717) is 24.7 Å². The summed E-state index contributed by atoms with van der Waals surface area (Å²) in [6, 6.07) is 4.76. The van der Waals surface area contributed by atoms with Gasteiger partial charge in [0.1, 0.15) is 11.6 Å². The zero-order chi connectivity index (χ0) is 10.4. The Kier molecular flexibility index (Phi) is 3.54. The van der Waals surface area contributed by atoms with Crippen molar-refractivity contribution < 1.29 is 4.79 Å². The summed E-state index contributed by atoms with van der Waals surface area (Å²) in [7, 11) is 0. The monoisotopic (exact) mass is 195 g/mol. The van der Waals surface area contributed by atoms with Gasteiger partial charge in [0.15, 0.2) is 0 Å². The van der Waals surface area contributed by atoms with Crippen LogP contribution in [0.15, 0.2) is 18.2 Å². The predicted octanol–water partition coefficient (Wildman–Crippen LogP) is -0.256. The maximum absolute atomic E-state index is 10.3. The van der Waals surface area contributed by atoms with E-state index in [1.165, 1.54) is 0 Å². The number of hydrogen-bond acceptors (Lipinski definition) is 4. The van der Waals surface area contributed by atoms with Gasteiger partial charge < -0.3 is 22.1 Å². The molecule has 0 spiro atoms. The lowest BCUT2D eigenvalue weighted by Crippen LogP contribution is -2.33. The smallest absolute Gasteiger partial charge is 0.312 e. The van der Waals surface area contributed by atoms with Crippen molar-refractivity contribution in [3.05, 3.63) is 18.2 Å². The molecule has 6 nitrogen and oxygen atoms in total. The number of pyridine rings is 1. The quantitative estimate of drug-likeness (QED) is 0.497. The van der Waals surface area contributed by atoms with Crippen LogP contribution in [0.3, 0.4) is 0 Å². The molecule has 0 fully saturated rings. The molecule has 0 saturated carbocycles. The van der Waals surface area contributed by atoms with Gasteiger partial charge in [0.05, 0.1) is 0 Å². The van der Waals surface area contributed by atoms with Crippen molar-refractivity contribution in [2.24, 2.45) is 5.73 Å². The van der Waals surface area contributed by atoms with E-state index in [9.17, 15) is 4.79 Å². The van der Waals surface area contributed by atoms with E-state index in [4.69, 9.17) is 11.5 Å². The molecular weight excluding hydrogens is 182 g/mol. The number of anilines is 2. The average molecular weight is 195 g/mol. The number of hydrogen-bond donors (Lipinski definition) is 4. The molecule has 6 N–H and O–H groups in total. The number of primary amides is 1. The molecule has 2 amide bonds. The van der Waals surface area contributed by atoms with Crippen molar-refractivity contribution in [2.75, 3.05) is 24.1 Å². The van der Waals surface area contributed by atoms with Crippen LogP contribution in [0, 0.1) is 0 Å². The van der Waals surface area contributed by atoms with Crippen LogP contribution in [0.2, 0.25) is 0 Å². The minimum atomic E-state index is -0.535. The molecule has 0 unspecified atom stereocenters. The van der Waals surface area contributed by atoms with Crippen LogP contribution in [0.5, 0.6) is 0 Å². The lowest BCUT2D eigenvalue weighted by Gasteiger charge is -2.05. The van der Waals surface area contributed by atoms with E-state index in [1.807, 2.05) is 0 Å². The third-order valence-corrected chi connectivity index (χ3v) is 1.50. The highest BCUT2D eigenvalue weighted by Crippen LogP contribution is 2.04. The fraction of sp³-hybridized carbons (Fsp3) is 0.250. The summed E-state index contributed by atoms with van der Waals surface area (Å²) in [6.07, 6.45) is 0. The number of carbonyl (C=O) groups is 1. The van der Waals surface area contributed by atoms with Crippen molar-refractivity contribution in [1.82, 2.24) is 10.3 Å². The Morgan fingerprint density at radius 3 is 2.86 bits per heavy atom. The Bertz CT molecular complexity index is 314. The first-order chi connectivity index (χ1) is 6.68. The highest BCUT2D eigenvalue weighted by molar-refractivity contribution is 5.71. The number of aromatic nitrogens is 1. The number of urea groups is 1. The molecule has 0 radical (unpaired) electrons. The number of nitrogen functional groups attached to an aromatic ring is 1. The second kappa shape index (κ2) is 4.90. The van der Waals surface area contributed by atoms with Crippen molar-refractivity contribution in [3.8, 4) is 0 Å². The fourth-order valence-corrected chi connectivity index (χ4v) is 0.926. The first-order valence-corrected chi connectivity index (χ1v) is 4.18. The van der Waals surface area contributed by atoms with Gasteiger partial charge in [0.25, 0.3) is 0 Å². The van der Waals surface area contributed by atoms with Gasteiger partial charge in [-0.1, -0.05) is 6.07 Å². The van der Waals surface area contributed by atoms with Crippen LogP contribution in [-0.4, -0.2) is 24.1 Å². The number of rotatable bonds is 4. The summed E-state index contributed by atoms with van der Waals surface area (Å²) in [5.74, 6) is 1.13. The van der Waals surface area contributed by atoms with Gasteiger partial charge in [0, 0.05) is 13.1 Å². The van der Waals surface area contributed by atoms with Crippen molar-refractivity contribution in [2.45, 2.75) is 0 Å². The molecule has 0 bridgehead atoms. The highest BCUT2D eigenvalue weighted by Gasteiger charge is 1.94. The minimum Gasteiger partial charge on any atom is -0.384 e. The largest absolute Gasteiger partial charge is 0.384 e. The molecule has 1 aromatic rings. The molecule has 14 heavy (non-hydrogen) atoms. The molecule has 0 aliphatic heterocycles. The summed E-state index contributed by atoms with van der Waals surface area (Å²) < 4.78 is 0. The Hall–Kier alpha value is -1.98. The molecule has 1 aromatic heterocycles. The molecule has 0 aliphatic carbocycles. The maximum atomic E-state index is 10.3. The summed E-state index contributed by atoms with van der Waals surface area (Å²) >= 11 is 0. The van der Waals surface area contributed by atoms with Crippen molar-refractivity contribution >= 4 is 17.7 Å². The maximum Gasteiger partial charge on any atom is 0.312 e. The van der Waals surface area contributed by atoms with Crippen LogP contribution in [-0.2, 0) is 0 Å². The van der Waals surface area contributed by atoms with E-state index in [2.05, 4.69) is 15.6 Å². The molecule has 1 rings (SSSR count). The van der Waals surface area contributed by atoms with Gasteiger partial charge in [-0.2, -0.15) is 0 Å². The molecule has 0 aromatic carbocycles. The summed E-state index contributed by atoms with van der Waals surface area (Å²) in [5.41, 5.74) is 10.4. The standard InChI is InChI=1S/C8H13N5O/c9-6-2-1-3-7(13-6)11-4-5-12-8(10)14/h1-3H,4-5H2,(H3,9,11,13)(H3,10,12,14). The highest BCUT2D eigenvalue weighted by atomic mass is 16.2. The zero-order valence-corrected chi connectivity index (χ0v) is 7.66. The molecule has 0 aliphatic rings. The third-order valence-electron chi connectivity index (χ3n) is 1.50. The number of nitrogens with one attached hydrogen (secondary N) is 2. The van der Waals surface area contributed by atoms with E-state index in [-0.39, 0.29) is 0 Å². The van der Waals surface area contributed by atoms with Crippen LogP contribution in [0.1, 0.15) is 0 Å². The SMILES string of the molecule is NC(=O)NCCNc1cccc(N)n1. The van der Waals surface area contributed by atoms with Crippen LogP contribution >= 0.6 is 0 Å². The number of carbonyl (C=O) groups excluding carboxylic acids is 1. The summed E-state index contributed by atoms with van der Waals surface area (Å²) in [6.45, 7) is 1.01. The van der Waals surface area contributed by atoms with E-state index < -0.39 is 6.03 Å². The van der Waals surface area contributed by atoms with Gasteiger partial charge in [-0.3, -0.25) is 0 Å². The first-order valence-electron chi connectivity index (χ1n) is 4.18. The second-order valence-electron chi connectivity index (χ2n) is 2.67. The van der Waals surface area contributed by atoms with Gasteiger partial charge >= 0.3 is 6.03 Å². The zero-order valence-electron chi connectivity index (χ0n) is 7.66. The van der Waals surface area contributed by atoms with Crippen LogP contribution < -0.4 is 22.1 Å². The summed E-state index contributed by atoms with van der Waals surface area (Å²) in [5, 5.41) is 5.43. The molecular formula is C8H13N5O. The molecule has 76 valence electrons. The Balaban J connectivity index is 2.28. The number of nitrogens with two attached hydrogens (primary N) is 2. The van der Waals surface area contributed by atoms with E-state index in [1.54, 1.807) is 18.2 Å². The molecule has 1 heterocycles. The predicted molar refractivity (Wildman–Crippen MR) is 54.7 cm³/mol. The third kappa shape index (κ3) is 3.61. The molecule has 6 heteroatoms. The number of amides is 2. The second-order valence-corrected chi connectivity index (χ2v) is 2.67. The van der Waals surface area contributed by atoms with E-state index in [0.717, 1.165) is 0 Å². The van der Waals surface area contributed by atoms with Crippen molar-refractivity contribution in [1.29, 1.82) is 0 Å². The summed E-state index contributed by atoms with van der Waals surface area (Å²) in [4.78, 5) is 14.3. The van der Waals surface area contributed by atoms with Gasteiger partial charge in [-0.25, -0.2) is 9.78 Å². The van der Waals surface area contributed by atoms with Crippen molar-refractivity contribution in [3.63, 3.8) is 0 Å². The van der Waals surface area contributed by atoms with Gasteiger partial charge in [0.2, 0.25) is 0 Å². The van der Waals surface area contributed by atoms with Crippen LogP contribution in [0.25, 0.3) is 0 Å². The molecule has 0 atom stereocenters. The Morgan fingerprint density at radius 2 is 2.21 bits per heavy atom. The lowest BCUT2D eigenvalue weighted by molar-refractivity contribution is 0.249. The molecule has 0 saturated heterocycles. The Labute approximate surface area is 81.7 Å². The topological polar surface area (TPSA) is 106 Å². The average Bonchev–Trinajstić information content (AvgIpc) is 2.12. The normalized spacial score (nSPS) is 9.43. The van der Waals surface area contributed by atoms with Crippen LogP contribution in [0.4, 0.5) is 16.4 Å². The van der Waals surface area contributed by atoms with Gasteiger partial charge in [-0.15, -0.1) is 0 Å².